The van der Waals surface area contributed by atoms with Gasteiger partial charge in [0, 0.05) is 28.8 Å². The topological polar surface area (TPSA) is 54.0 Å². The molecule has 0 radical (unpaired) electrons. The Kier molecular flexibility index (Phi) is 9.28. The van der Waals surface area contributed by atoms with Crippen molar-refractivity contribution in [2.24, 2.45) is 0 Å². The van der Waals surface area contributed by atoms with E-state index in [2.05, 4.69) is 15.9 Å². The number of hydrogen-bond donors (Lipinski definition) is 0. The summed E-state index contributed by atoms with van der Waals surface area (Å²) >= 11 is 3.51. The fourth-order valence-corrected chi connectivity index (χ4v) is 3.40. The van der Waals surface area contributed by atoms with E-state index in [4.69, 9.17) is 18.9 Å². The van der Waals surface area contributed by atoms with Crippen LogP contribution in [0.1, 0.15) is 47.2 Å². The minimum absolute atomic E-state index is 0.129. The summed E-state index contributed by atoms with van der Waals surface area (Å²) < 4.78 is 23.4. The van der Waals surface area contributed by atoms with Crippen molar-refractivity contribution in [3.63, 3.8) is 0 Å². The van der Waals surface area contributed by atoms with Crippen molar-refractivity contribution in [1.29, 1.82) is 0 Å². The van der Waals surface area contributed by atoms with E-state index in [1.165, 1.54) is 0 Å². The van der Waals surface area contributed by atoms with Gasteiger partial charge in [0.25, 0.3) is 0 Å². The fourth-order valence-electron chi connectivity index (χ4n) is 3.04. The summed E-state index contributed by atoms with van der Waals surface area (Å²) in [5.74, 6) is 0.314. The molecule has 0 bridgehead atoms. The Balaban J connectivity index is 1.59. The second kappa shape index (κ2) is 12.4. The highest BCUT2D eigenvalue weighted by molar-refractivity contribution is 9.10. The van der Waals surface area contributed by atoms with Crippen molar-refractivity contribution in [3.8, 4) is 5.75 Å². The van der Waals surface area contributed by atoms with Crippen LogP contribution >= 0.6 is 15.9 Å². The van der Waals surface area contributed by atoms with E-state index in [-0.39, 0.29) is 6.61 Å². The summed E-state index contributed by atoms with van der Waals surface area (Å²) in [4.78, 5) is 12.5. The van der Waals surface area contributed by atoms with E-state index in [0.29, 0.717) is 31.1 Å². The standard InChI is InChI=1S/C26H27BrO5/c1-3-29-26(30-4-2)21-12-10-20(11-13-21)25(28)32-18-22-16-23(14-15-24(22)27)31-17-19-8-6-5-7-9-19/h5-16,26H,3-4,17-18H2,1-2H3. The van der Waals surface area contributed by atoms with Crippen LogP contribution in [0, 0.1) is 0 Å². The molecule has 0 atom stereocenters. The Labute approximate surface area is 197 Å². The molecule has 5 nitrogen and oxygen atoms in total. The Morgan fingerprint density at radius 1 is 0.875 bits per heavy atom. The van der Waals surface area contributed by atoms with Crippen molar-refractivity contribution in [2.75, 3.05) is 13.2 Å². The zero-order valence-electron chi connectivity index (χ0n) is 18.3. The molecule has 3 aromatic carbocycles. The highest BCUT2D eigenvalue weighted by Crippen LogP contribution is 2.25. The van der Waals surface area contributed by atoms with Gasteiger partial charge in [0.1, 0.15) is 19.0 Å². The van der Waals surface area contributed by atoms with Crippen LogP contribution in [-0.4, -0.2) is 19.2 Å². The second-order valence-corrected chi connectivity index (χ2v) is 7.82. The molecule has 0 aliphatic carbocycles. The largest absolute Gasteiger partial charge is 0.489 e. The number of carbonyl (C=O) groups excluding carboxylic acids is 1. The maximum Gasteiger partial charge on any atom is 0.338 e. The predicted molar refractivity (Wildman–Crippen MR) is 126 cm³/mol. The summed E-state index contributed by atoms with van der Waals surface area (Å²) in [5.41, 5.74) is 3.24. The molecule has 0 heterocycles. The van der Waals surface area contributed by atoms with Crippen LogP contribution in [0.15, 0.2) is 77.3 Å². The zero-order chi connectivity index (χ0) is 22.8. The number of carbonyl (C=O) groups is 1. The van der Waals surface area contributed by atoms with E-state index in [0.717, 1.165) is 21.2 Å². The summed E-state index contributed by atoms with van der Waals surface area (Å²) in [6.45, 7) is 5.51. The van der Waals surface area contributed by atoms with E-state index in [1.54, 1.807) is 12.1 Å². The molecule has 0 fully saturated rings. The smallest absolute Gasteiger partial charge is 0.338 e. The first-order chi connectivity index (χ1) is 15.6. The molecule has 6 heteroatoms. The molecule has 0 amide bonds. The van der Waals surface area contributed by atoms with Gasteiger partial charge in [-0.2, -0.15) is 0 Å². The van der Waals surface area contributed by atoms with Crippen LogP contribution in [0.3, 0.4) is 0 Å². The van der Waals surface area contributed by atoms with Crippen molar-refractivity contribution < 1.29 is 23.7 Å². The van der Waals surface area contributed by atoms with Crippen LogP contribution in [-0.2, 0) is 27.4 Å². The predicted octanol–water partition coefficient (Wildman–Crippen LogP) is 6.46. The molecular formula is C26H27BrO5. The maximum atomic E-state index is 12.5. The lowest BCUT2D eigenvalue weighted by atomic mass is 10.1. The molecular weight excluding hydrogens is 472 g/mol. The quantitative estimate of drug-likeness (QED) is 0.224. The monoisotopic (exact) mass is 498 g/mol. The van der Waals surface area contributed by atoms with Crippen LogP contribution in [0.25, 0.3) is 0 Å². The van der Waals surface area contributed by atoms with Crippen molar-refractivity contribution in [1.82, 2.24) is 0 Å². The molecule has 32 heavy (non-hydrogen) atoms. The average Bonchev–Trinajstić information content (AvgIpc) is 2.83. The van der Waals surface area contributed by atoms with Gasteiger partial charge >= 0.3 is 5.97 Å². The Morgan fingerprint density at radius 3 is 2.22 bits per heavy atom. The zero-order valence-corrected chi connectivity index (χ0v) is 19.8. The first-order valence-electron chi connectivity index (χ1n) is 10.6. The molecule has 3 aromatic rings. The summed E-state index contributed by atoms with van der Waals surface area (Å²) in [5, 5.41) is 0. The van der Waals surface area contributed by atoms with Crippen LogP contribution < -0.4 is 4.74 Å². The average molecular weight is 499 g/mol. The van der Waals surface area contributed by atoms with Gasteiger partial charge in [0.05, 0.1) is 5.56 Å². The maximum absolute atomic E-state index is 12.5. The van der Waals surface area contributed by atoms with E-state index in [9.17, 15) is 4.79 Å². The Bertz CT molecular complexity index is 983. The third kappa shape index (κ3) is 6.92. The van der Waals surface area contributed by atoms with Gasteiger partial charge in [-0.15, -0.1) is 0 Å². The van der Waals surface area contributed by atoms with Crippen molar-refractivity contribution in [3.05, 3.63) is 99.5 Å². The van der Waals surface area contributed by atoms with Gasteiger partial charge in [-0.1, -0.05) is 58.4 Å². The van der Waals surface area contributed by atoms with Crippen molar-refractivity contribution >= 4 is 21.9 Å². The van der Waals surface area contributed by atoms with Gasteiger partial charge in [0.15, 0.2) is 6.29 Å². The second-order valence-electron chi connectivity index (χ2n) is 6.97. The SMILES string of the molecule is CCOC(OCC)c1ccc(C(=O)OCc2cc(OCc3ccccc3)ccc2Br)cc1. The third-order valence-electron chi connectivity index (χ3n) is 4.68. The molecule has 0 aromatic heterocycles. The number of hydrogen-bond acceptors (Lipinski definition) is 5. The highest BCUT2D eigenvalue weighted by atomic mass is 79.9. The number of ether oxygens (including phenoxy) is 4. The van der Waals surface area contributed by atoms with Gasteiger partial charge in [-0.25, -0.2) is 4.79 Å². The molecule has 168 valence electrons. The van der Waals surface area contributed by atoms with Crippen LogP contribution in [0.5, 0.6) is 5.75 Å². The number of esters is 1. The number of halogens is 1. The van der Waals surface area contributed by atoms with E-state index < -0.39 is 12.3 Å². The van der Waals surface area contributed by atoms with E-state index >= 15 is 0 Å². The van der Waals surface area contributed by atoms with Gasteiger partial charge in [0.2, 0.25) is 0 Å². The number of benzene rings is 3. The van der Waals surface area contributed by atoms with Gasteiger partial charge < -0.3 is 18.9 Å². The minimum atomic E-state index is -0.440. The highest BCUT2D eigenvalue weighted by Gasteiger charge is 2.14. The van der Waals surface area contributed by atoms with E-state index in [1.807, 2.05) is 74.5 Å². The molecule has 0 N–H and O–H groups in total. The van der Waals surface area contributed by atoms with Gasteiger partial charge in [-0.05, 0) is 49.7 Å². The molecule has 0 aliphatic heterocycles. The molecule has 3 rings (SSSR count). The van der Waals surface area contributed by atoms with Crippen LogP contribution in [0.4, 0.5) is 0 Å². The molecule has 0 unspecified atom stereocenters. The lowest BCUT2D eigenvalue weighted by Crippen LogP contribution is -2.10. The molecule has 0 aliphatic rings. The first-order valence-corrected chi connectivity index (χ1v) is 11.4. The fraction of sp³-hybridized carbons (Fsp3) is 0.269. The molecule has 0 spiro atoms. The molecule has 0 saturated heterocycles. The lowest BCUT2D eigenvalue weighted by molar-refractivity contribution is -0.140. The minimum Gasteiger partial charge on any atom is -0.489 e. The van der Waals surface area contributed by atoms with Crippen molar-refractivity contribution in [2.45, 2.75) is 33.4 Å². The normalized spacial score (nSPS) is 10.9. The Morgan fingerprint density at radius 2 is 1.56 bits per heavy atom. The lowest BCUT2D eigenvalue weighted by Gasteiger charge is -2.17. The van der Waals surface area contributed by atoms with Crippen LogP contribution in [0.2, 0.25) is 0 Å². The summed E-state index contributed by atoms with van der Waals surface area (Å²) in [6.07, 6.45) is -0.440. The van der Waals surface area contributed by atoms with Gasteiger partial charge in [-0.3, -0.25) is 0 Å². The number of rotatable bonds is 11. The third-order valence-corrected chi connectivity index (χ3v) is 5.45. The summed E-state index contributed by atoms with van der Waals surface area (Å²) in [7, 11) is 0. The Hall–Kier alpha value is -2.67. The summed E-state index contributed by atoms with van der Waals surface area (Å²) in [6, 6.07) is 22.7. The first kappa shape index (κ1) is 24.0. The molecule has 0 saturated carbocycles.